The van der Waals surface area contributed by atoms with Crippen LogP contribution in [0, 0.1) is 6.92 Å². The molecule has 0 saturated carbocycles. The molecule has 0 spiro atoms. The zero-order chi connectivity index (χ0) is 14.2. The summed E-state index contributed by atoms with van der Waals surface area (Å²) in [6, 6.07) is 6.50. The second-order valence-electron chi connectivity index (χ2n) is 5.12. The fraction of sp³-hybridized carbons (Fsp3) is 0.438. The molecule has 2 rings (SSSR count). The SMILES string of the molecule is CCc1ccc2c(c1)c(C)c(C(=O)N(C)C)n2CC. The van der Waals surface area contributed by atoms with Crippen molar-refractivity contribution in [2.75, 3.05) is 14.1 Å². The number of hydrogen-bond donors (Lipinski definition) is 0. The Kier molecular flexibility index (Phi) is 3.65. The van der Waals surface area contributed by atoms with Crippen LogP contribution in [-0.2, 0) is 13.0 Å². The predicted octanol–water partition coefficient (Wildman–Crippen LogP) is 3.23. The number of hydrogen-bond acceptors (Lipinski definition) is 1. The molecule has 0 aliphatic carbocycles. The van der Waals surface area contributed by atoms with Crippen LogP contribution in [0.2, 0.25) is 0 Å². The smallest absolute Gasteiger partial charge is 0.270 e. The molecule has 0 fully saturated rings. The lowest BCUT2D eigenvalue weighted by Crippen LogP contribution is -2.25. The molecule has 0 unspecified atom stereocenters. The Morgan fingerprint density at radius 3 is 2.47 bits per heavy atom. The zero-order valence-electron chi connectivity index (χ0n) is 12.4. The van der Waals surface area contributed by atoms with E-state index >= 15 is 0 Å². The third kappa shape index (κ3) is 2.14. The highest BCUT2D eigenvalue weighted by atomic mass is 16.2. The first-order valence-electron chi connectivity index (χ1n) is 6.84. The monoisotopic (exact) mass is 258 g/mol. The van der Waals surface area contributed by atoms with Crippen molar-refractivity contribution >= 4 is 16.8 Å². The summed E-state index contributed by atoms with van der Waals surface area (Å²) in [4.78, 5) is 14.0. The molecule has 19 heavy (non-hydrogen) atoms. The summed E-state index contributed by atoms with van der Waals surface area (Å²) in [5.41, 5.74) is 4.37. The Labute approximate surface area is 114 Å². The molecule has 0 N–H and O–H groups in total. The molecule has 0 saturated heterocycles. The first-order valence-corrected chi connectivity index (χ1v) is 6.84. The zero-order valence-corrected chi connectivity index (χ0v) is 12.4. The lowest BCUT2D eigenvalue weighted by molar-refractivity contribution is 0.0817. The molecule has 3 heteroatoms. The van der Waals surface area contributed by atoms with Crippen LogP contribution >= 0.6 is 0 Å². The van der Waals surface area contributed by atoms with Crippen LogP contribution < -0.4 is 0 Å². The lowest BCUT2D eigenvalue weighted by atomic mass is 10.1. The van der Waals surface area contributed by atoms with Gasteiger partial charge in [-0.3, -0.25) is 4.79 Å². The highest BCUT2D eigenvalue weighted by Gasteiger charge is 2.20. The fourth-order valence-electron chi connectivity index (χ4n) is 2.61. The quantitative estimate of drug-likeness (QED) is 0.829. The maximum Gasteiger partial charge on any atom is 0.270 e. The van der Waals surface area contributed by atoms with Crippen molar-refractivity contribution in [3.05, 3.63) is 35.0 Å². The highest BCUT2D eigenvalue weighted by molar-refractivity contribution is 6.01. The summed E-state index contributed by atoms with van der Waals surface area (Å²) in [5.74, 6) is 0.0774. The van der Waals surface area contributed by atoms with Crippen molar-refractivity contribution in [3.8, 4) is 0 Å². The molecule has 0 radical (unpaired) electrons. The fourth-order valence-corrected chi connectivity index (χ4v) is 2.61. The average molecular weight is 258 g/mol. The van der Waals surface area contributed by atoms with Gasteiger partial charge in [0.1, 0.15) is 5.69 Å². The van der Waals surface area contributed by atoms with Gasteiger partial charge >= 0.3 is 0 Å². The van der Waals surface area contributed by atoms with E-state index < -0.39 is 0 Å². The Balaban J connectivity index is 2.76. The molecular formula is C16H22N2O. The minimum Gasteiger partial charge on any atom is -0.343 e. The molecule has 2 aromatic rings. The number of benzene rings is 1. The third-order valence-electron chi connectivity index (χ3n) is 3.71. The molecule has 0 aliphatic rings. The lowest BCUT2D eigenvalue weighted by Gasteiger charge is -2.13. The van der Waals surface area contributed by atoms with Crippen LogP contribution in [0.3, 0.4) is 0 Å². The van der Waals surface area contributed by atoms with Crippen LogP contribution in [-0.4, -0.2) is 29.5 Å². The van der Waals surface area contributed by atoms with E-state index in [4.69, 9.17) is 0 Å². The van der Waals surface area contributed by atoms with E-state index in [1.165, 1.54) is 10.9 Å². The largest absolute Gasteiger partial charge is 0.343 e. The van der Waals surface area contributed by atoms with Gasteiger partial charge in [-0.2, -0.15) is 0 Å². The molecule has 1 heterocycles. The van der Waals surface area contributed by atoms with E-state index in [9.17, 15) is 4.79 Å². The summed E-state index contributed by atoms with van der Waals surface area (Å²) in [6.45, 7) is 7.09. The molecule has 102 valence electrons. The van der Waals surface area contributed by atoms with Gasteiger partial charge in [-0.25, -0.2) is 0 Å². The Hall–Kier alpha value is -1.77. The van der Waals surface area contributed by atoms with Crippen molar-refractivity contribution in [2.45, 2.75) is 33.7 Å². The van der Waals surface area contributed by atoms with E-state index in [-0.39, 0.29) is 5.91 Å². The second kappa shape index (κ2) is 5.08. The van der Waals surface area contributed by atoms with E-state index in [1.54, 1.807) is 19.0 Å². The number of carbonyl (C=O) groups excluding carboxylic acids is 1. The van der Waals surface area contributed by atoms with Gasteiger partial charge in [0, 0.05) is 31.5 Å². The van der Waals surface area contributed by atoms with Crippen LogP contribution in [0.25, 0.3) is 10.9 Å². The molecule has 0 atom stereocenters. The molecule has 1 aromatic heterocycles. The Morgan fingerprint density at radius 2 is 1.95 bits per heavy atom. The number of aryl methyl sites for hydroxylation is 3. The molecule has 3 nitrogen and oxygen atoms in total. The van der Waals surface area contributed by atoms with Crippen LogP contribution in [0.15, 0.2) is 18.2 Å². The number of carbonyl (C=O) groups is 1. The summed E-state index contributed by atoms with van der Waals surface area (Å²) in [6.07, 6.45) is 1.02. The Bertz CT molecular complexity index is 623. The minimum atomic E-state index is 0.0774. The van der Waals surface area contributed by atoms with Crippen LogP contribution in [0.4, 0.5) is 0 Å². The van der Waals surface area contributed by atoms with Gasteiger partial charge in [0.15, 0.2) is 0 Å². The van der Waals surface area contributed by atoms with Gasteiger partial charge in [0.25, 0.3) is 5.91 Å². The standard InChI is InChI=1S/C16H22N2O/c1-6-12-8-9-14-13(10-12)11(3)15(18(14)7-2)16(19)17(4)5/h8-10H,6-7H2,1-5H3. The molecule has 0 bridgehead atoms. The normalized spacial score (nSPS) is 11.0. The van der Waals surface area contributed by atoms with Gasteiger partial charge in [-0.15, -0.1) is 0 Å². The number of rotatable bonds is 3. The molecular weight excluding hydrogens is 236 g/mol. The van der Waals surface area contributed by atoms with Crippen molar-refractivity contribution in [2.24, 2.45) is 0 Å². The topological polar surface area (TPSA) is 25.2 Å². The van der Waals surface area contributed by atoms with Crippen molar-refractivity contribution in [3.63, 3.8) is 0 Å². The van der Waals surface area contributed by atoms with Crippen molar-refractivity contribution in [1.82, 2.24) is 9.47 Å². The summed E-state index contributed by atoms with van der Waals surface area (Å²) in [5, 5.41) is 1.20. The maximum atomic E-state index is 12.4. The predicted molar refractivity (Wildman–Crippen MR) is 79.7 cm³/mol. The van der Waals surface area contributed by atoms with Gasteiger partial charge in [-0.05, 0) is 43.5 Å². The highest BCUT2D eigenvalue weighted by Crippen LogP contribution is 2.27. The van der Waals surface area contributed by atoms with Gasteiger partial charge < -0.3 is 9.47 Å². The van der Waals surface area contributed by atoms with Crippen molar-refractivity contribution in [1.29, 1.82) is 0 Å². The van der Waals surface area contributed by atoms with E-state index in [0.29, 0.717) is 0 Å². The minimum absolute atomic E-state index is 0.0774. The summed E-state index contributed by atoms with van der Waals surface area (Å²) in [7, 11) is 3.60. The average Bonchev–Trinajstić information content (AvgIpc) is 2.69. The van der Waals surface area contributed by atoms with Crippen LogP contribution in [0.1, 0.15) is 35.5 Å². The van der Waals surface area contributed by atoms with Crippen molar-refractivity contribution < 1.29 is 4.79 Å². The summed E-state index contributed by atoms with van der Waals surface area (Å²) < 4.78 is 2.12. The van der Waals surface area contributed by atoms with E-state index in [2.05, 4.69) is 36.6 Å². The van der Waals surface area contributed by atoms with Gasteiger partial charge in [0.05, 0.1) is 0 Å². The first kappa shape index (κ1) is 13.7. The summed E-state index contributed by atoms with van der Waals surface area (Å²) >= 11 is 0. The number of amides is 1. The Morgan fingerprint density at radius 1 is 1.26 bits per heavy atom. The number of fused-ring (bicyclic) bond motifs is 1. The number of aromatic nitrogens is 1. The molecule has 1 aromatic carbocycles. The second-order valence-corrected chi connectivity index (χ2v) is 5.12. The van der Waals surface area contributed by atoms with Gasteiger partial charge in [-0.1, -0.05) is 13.0 Å². The van der Waals surface area contributed by atoms with E-state index in [0.717, 1.165) is 29.7 Å². The third-order valence-corrected chi connectivity index (χ3v) is 3.71. The molecule has 0 aliphatic heterocycles. The van der Waals surface area contributed by atoms with E-state index in [1.807, 2.05) is 6.92 Å². The maximum absolute atomic E-state index is 12.4. The van der Waals surface area contributed by atoms with Gasteiger partial charge in [0.2, 0.25) is 0 Å². The number of nitrogens with zero attached hydrogens (tertiary/aromatic N) is 2. The first-order chi connectivity index (χ1) is 9.01. The molecule has 1 amide bonds. The van der Waals surface area contributed by atoms with Crippen LogP contribution in [0.5, 0.6) is 0 Å².